The van der Waals surface area contributed by atoms with Crippen LogP contribution in [0.5, 0.6) is 0 Å². The van der Waals surface area contributed by atoms with Crippen molar-refractivity contribution in [2.75, 3.05) is 0 Å². The molecule has 0 aliphatic carbocycles. The molecule has 0 saturated carbocycles. The number of aromatic nitrogens is 1. The third-order valence-electron chi connectivity index (χ3n) is 2.72. The first-order valence-electron chi connectivity index (χ1n) is 6.20. The molecule has 21 heavy (non-hydrogen) atoms. The van der Waals surface area contributed by atoms with Gasteiger partial charge in [-0.15, -0.1) is 0 Å². The molecule has 112 valence electrons. The van der Waals surface area contributed by atoms with Gasteiger partial charge in [0.1, 0.15) is 5.82 Å². The molecule has 0 aliphatic heterocycles. The van der Waals surface area contributed by atoms with Gasteiger partial charge in [-0.25, -0.2) is 9.37 Å². The Hall–Kier alpha value is -2.18. The van der Waals surface area contributed by atoms with Gasteiger partial charge in [-0.05, 0) is 30.7 Å². The van der Waals surface area contributed by atoms with Crippen molar-refractivity contribution in [1.82, 2.24) is 4.98 Å². The Balaban J connectivity index is 2.54. The van der Waals surface area contributed by atoms with Crippen LogP contribution in [0.2, 0.25) is 0 Å². The highest BCUT2D eigenvalue weighted by Gasteiger charge is 2.39. The van der Waals surface area contributed by atoms with Crippen LogP contribution >= 0.6 is 0 Å². The summed E-state index contributed by atoms with van der Waals surface area (Å²) in [7, 11) is 0. The van der Waals surface area contributed by atoms with Gasteiger partial charge in [0.05, 0.1) is 0 Å². The average Bonchev–Trinajstić information content (AvgIpc) is 2.85. The van der Waals surface area contributed by atoms with Gasteiger partial charge < -0.3 is 4.42 Å². The predicted octanol–water partition coefficient (Wildman–Crippen LogP) is 4.48. The number of hydrogen-bond acceptors (Lipinski definition) is 3. The third kappa shape index (κ3) is 3.29. The van der Waals surface area contributed by atoms with Crippen LogP contribution in [0.3, 0.4) is 0 Å². The van der Waals surface area contributed by atoms with Gasteiger partial charge in [0, 0.05) is 12.0 Å². The zero-order chi connectivity index (χ0) is 15.6. The Morgan fingerprint density at radius 1 is 1.24 bits per heavy atom. The summed E-state index contributed by atoms with van der Waals surface area (Å²) in [6.07, 6.45) is -4.27. The SMILES string of the molecule is CCCC(=O)c1nc(C(F)(F)F)oc1-c1ccc(F)cc1. The molecule has 1 heterocycles. The fourth-order valence-corrected chi connectivity index (χ4v) is 1.77. The summed E-state index contributed by atoms with van der Waals surface area (Å²) in [4.78, 5) is 15.1. The summed E-state index contributed by atoms with van der Waals surface area (Å²) >= 11 is 0. The molecule has 0 atom stereocenters. The second-order valence-electron chi connectivity index (χ2n) is 4.37. The highest BCUT2D eigenvalue weighted by molar-refractivity contribution is 5.99. The van der Waals surface area contributed by atoms with Crippen LogP contribution in [0.4, 0.5) is 17.6 Å². The number of carbonyl (C=O) groups is 1. The van der Waals surface area contributed by atoms with E-state index in [1.165, 1.54) is 12.1 Å². The molecule has 0 radical (unpaired) electrons. The van der Waals surface area contributed by atoms with Crippen LogP contribution in [-0.2, 0) is 6.18 Å². The van der Waals surface area contributed by atoms with E-state index in [1.54, 1.807) is 6.92 Å². The van der Waals surface area contributed by atoms with Crippen molar-refractivity contribution in [1.29, 1.82) is 0 Å². The molecular formula is C14H11F4NO2. The number of ketones is 1. The topological polar surface area (TPSA) is 43.1 Å². The molecule has 0 bridgehead atoms. The lowest BCUT2D eigenvalue weighted by Crippen LogP contribution is -2.07. The van der Waals surface area contributed by atoms with Gasteiger partial charge in [0.25, 0.3) is 0 Å². The monoisotopic (exact) mass is 301 g/mol. The Bertz CT molecular complexity index is 644. The van der Waals surface area contributed by atoms with Crippen LogP contribution < -0.4 is 0 Å². The first-order valence-corrected chi connectivity index (χ1v) is 6.20. The molecule has 2 rings (SSSR count). The minimum Gasteiger partial charge on any atom is -0.432 e. The van der Waals surface area contributed by atoms with Gasteiger partial charge in [0.15, 0.2) is 17.2 Å². The van der Waals surface area contributed by atoms with Crippen LogP contribution in [0.15, 0.2) is 28.7 Å². The van der Waals surface area contributed by atoms with Crippen LogP contribution in [0.25, 0.3) is 11.3 Å². The number of oxazole rings is 1. The Kier molecular flexibility index (Phi) is 4.11. The molecule has 1 aromatic carbocycles. The molecule has 7 heteroatoms. The summed E-state index contributed by atoms with van der Waals surface area (Å²) in [5.74, 6) is -2.87. The first-order chi connectivity index (χ1) is 9.82. The quantitative estimate of drug-likeness (QED) is 0.617. The second-order valence-corrected chi connectivity index (χ2v) is 4.37. The Morgan fingerprint density at radius 2 is 1.86 bits per heavy atom. The normalized spacial score (nSPS) is 11.7. The van der Waals surface area contributed by atoms with E-state index in [1.807, 2.05) is 0 Å². The number of Topliss-reactive ketones (excluding diaryl/α,β-unsaturated/α-hetero) is 1. The standard InChI is InChI=1S/C14H11F4NO2/c1-2-3-10(20)11-12(8-4-6-9(15)7-5-8)21-13(19-11)14(16,17)18/h4-7H,2-3H2,1H3. The highest BCUT2D eigenvalue weighted by atomic mass is 19.4. The number of hydrogen-bond donors (Lipinski definition) is 0. The van der Waals surface area contributed by atoms with E-state index in [9.17, 15) is 22.4 Å². The average molecular weight is 301 g/mol. The maximum atomic E-state index is 12.9. The first kappa shape index (κ1) is 15.2. The summed E-state index contributed by atoms with van der Waals surface area (Å²) in [6.45, 7) is 1.72. The van der Waals surface area contributed by atoms with Gasteiger partial charge in [-0.3, -0.25) is 4.79 Å². The van der Waals surface area contributed by atoms with Crippen LogP contribution in [-0.4, -0.2) is 10.8 Å². The number of carbonyl (C=O) groups excluding carboxylic acids is 1. The number of halogens is 4. The summed E-state index contributed by atoms with van der Waals surface area (Å²) in [5, 5.41) is 0. The molecule has 3 nitrogen and oxygen atoms in total. The predicted molar refractivity (Wildman–Crippen MR) is 66.1 cm³/mol. The number of alkyl halides is 3. The fourth-order valence-electron chi connectivity index (χ4n) is 1.77. The van der Waals surface area contributed by atoms with E-state index >= 15 is 0 Å². The molecule has 0 aliphatic rings. The van der Waals surface area contributed by atoms with E-state index in [4.69, 9.17) is 4.42 Å². The summed E-state index contributed by atoms with van der Waals surface area (Å²) in [5.41, 5.74) is -0.213. The molecule has 0 spiro atoms. The number of nitrogens with zero attached hydrogens (tertiary/aromatic N) is 1. The lowest BCUT2D eigenvalue weighted by Gasteiger charge is -2.00. The van der Waals surface area contributed by atoms with Crippen molar-refractivity contribution in [2.45, 2.75) is 25.9 Å². The van der Waals surface area contributed by atoms with E-state index in [0.29, 0.717) is 6.42 Å². The van der Waals surface area contributed by atoms with Crippen molar-refractivity contribution in [3.05, 3.63) is 41.7 Å². The van der Waals surface area contributed by atoms with E-state index in [-0.39, 0.29) is 23.4 Å². The van der Waals surface area contributed by atoms with Crippen molar-refractivity contribution in [3.63, 3.8) is 0 Å². The summed E-state index contributed by atoms with van der Waals surface area (Å²) < 4.78 is 55.6. The van der Waals surface area contributed by atoms with E-state index < -0.39 is 23.7 Å². The maximum absolute atomic E-state index is 12.9. The molecule has 0 fully saturated rings. The lowest BCUT2D eigenvalue weighted by molar-refractivity contribution is -0.156. The largest absolute Gasteiger partial charge is 0.468 e. The van der Waals surface area contributed by atoms with Crippen LogP contribution in [0, 0.1) is 5.82 Å². The van der Waals surface area contributed by atoms with Crippen molar-refractivity contribution in [2.24, 2.45) is 0 Å². The molecular weight excluding hydrogens is 290 g/mol. The number of rotatable bonds is 4. The van der Waals surface area contributed by atoms with Gasteiger partial charge in [0.2, 0.25) is 0 Å². The third-order valence-corrected chi connectivity index (χ3v) is 2.72. The molecule has 1 aromatic heterocycles. The van der Waals surface area contributed by atoms with Crippen molar-refractivity contribution < 1.29 is 26.8 Å². The smallest absolute Gasteiger partial charge is 0.432 e. The highest BCUT2D eigenvalue weighted by Crippen LogP contribution is 2.34. The summed E-state index contributed by atoms with van der Waals surface area (Å²) in [6, 6.07) is 4.61. The van der Waals surface area contributed by atoms with E-state index in [0.717, 1.165) is 12.1 Å². The zero-order valence-corrected chi connectivity index (χ0v) is 11.0. The minimum atomic E-state index is -4.79. The van der Waals surface area contributed by atoms with Gasteiger partial charge in [-0.2, -0.15) is 13.2 Å². The van der Waals surface area contributed by atoms with E-state index in [2.05, 4.69) is 4.98 Å². The minimum absolute atomic E-state index is 0.0536. The molecule has 0 unspecified atom stereocenters. The maximum Gasteiger partial charge on any atom is 0.468 e. The molecule has 0 N–H and O–H groups in total. The fraction of sp³-hybridized carbons (Fsp3) is 0.286. The Labute approximate surface area is 117 Å². The lowest BCUT2D eigenvalue weighted by atomic mass is 10.1. The number of benzene rings is 1. The zero-order valence-electron chi connectivity index (χ0n) is 11.0. The van der Waals surface area contributed by atoms with Crippen molar-refractivity contribution in [3.8, 4) is 11.3 Å². The second kappa shape index (κ2) is 5.67. The molecule has 0 saturated heterocycles. The van der Waals surface area contributed by atoms with Gasteiger partial charge >= 0.3 is 12.1 Å². The van der Waals surface area contributed by atoms with Gasteiger partial charge in [-0.1, -0.05) is 6.92 Å². The van der Waals surface area contributed by atoms with Crippen molar-refractivity contribution >= 4 is 5.78 Å². The Morgan fingerprint density at radius 3 is 2.38 bits per heavy atom. The molecule has 2 aromatic rings. The van der Waals surface area contributed by atoms with Crippen LogP contribution in [0.1, 0.15) is 36.1 Å². The molecule has 0 amide bonds.